The molecule has 27 heavy (non-hydrogen) atoms. The van der Waals surface area contributed by atoms with Gasteiger partial charge < -0.3 is 20.4 Å². The SMILES string of the molecule is O=C(O)c1c(C(=O)O)c(C(=O)O)c2cc3c(S)cccc3cc2c1C(=O)O. The van der Waals surface area contributed by atoms with Gasteiger partial charge in [-0.15, -0.1) is 12.6 Å². The second-order valence-corrected chi connectivity index (χ2v) is 6.10. The van der Waals surface area contributed by atoms with Gasteiger partial charge >= 0.3 is 23.9 Å². The first-order chi connectivity index (χ1) is 12.6. The molecule has 4 N–H and O–H groups in total. The average molecular weight is 386 g/mol. The van der Waals surface area contributed by atoms with E-state index in [-0.39, 0.29) is 10.8 Å². The molecule has 0 heterocycles. The Balaban J connectivity index is 2.76. The first-order valence-electron chi connectivity index (χ1n) is 7.33. The number of hydrogen-bond acceptors (Lipinski definition) is 5. The standard InChI is InChI=1S/C18H10O8S/c19-15(20)11-8-4-6-2-1-3-10(27)7(6)5-9(8)12(16(21)22)14(18(25)26)13(11)17(23)24/h1-5,27H,(H,19,20)(H,21,22)(H,23,24)(H,25,26). The van der Waals surface area contributed by atoms with E-state index in [2.05, 4.69) is 12.6 Å². The van der Waals surface area contributed by atoms with Crippen LogP contribution in [0.15, 0.2) is 35.2 Å². The van der Waals surface area contributed by atoms with Crippen molar-refractivity contribution in [2.45, 2.75) is 4.90 Å². The summed E-state index contributed by atoms with van der Waals surface area (Å²) in [7, 11) is 0. The van der Waals surface area contributed by atoms with Crippen molar-refractivity contribution in [2.75, 3.05) is 0 Å². The lowest BCUT2D eigenvalue weighted by Gasteiger charge is -2.15. The molecule has 0 fully saturated rings. The molecule has 0 aliphatic carbocycles. The van der Waals surface area contributed by atoms with Gasteiger partial charge in [-0.25, -0.2) is 19.2 Å². The van der Waals surface area contributed by atoms with Crippen molar-refractivity contribution in [3.8, 4) is 0 Å². The summed E-state index contributed by atoms with van der Waals surface area (Å²) in [5.41, 5.74) is -3.75. The summed E-state index contributed by atoms with van der Waals surface area (Å²) in [5, 5.41) is 38.6. The maximum atomic E-state index is 11.8. The molecule has 0 bridgehead atoms. The number of carboxylic acid groups (broad SMARTS) is 4. The summed E-state index contributed by atoms with van der Waals surface area (Å²) in [6.07, 6.45) is 0. The average Bonchev–Trinajstić information content (AvgIpc) is 2.57. The second-order valence-electron chi connectivity index (χ2n) is 5.62. The Bertz CT molecular complexity index is 1200. The number of carboxylic acids is 4. The Labute approximate surface area is 155 Å². The van der Waals surface area contributed by atoms with Crippen LogP contribution in [0.3, 0.4) is 0 Å². The molecule has 9 heteroatoms. The van der Waals surface area contributed by atoms with Crippen LogP contribution >= 0.6 is 12.6 Å². The molecule has 0 saturated heterocycles. The van der Waals surface area contributed by atoms with E-state index in [0.29, 0.717) is 15.7 Å². The highest BCUT2D eigenvalue weighted by Crippen LogP contribution is 2.36. The predicted molar refractivity (Wildman–Crippen MR) is 96.5 cm³/mol. The maximum absolute atomic E-state index is 11.8. The van der Waals surface area contributed by atoms with Gasteiger partial charge in [0.15, 0.2) is 0 Å². The molecule has 0 aliphatic rings. The van der Waals surface area contributed by atoms with Crippen LogP contribution < -0.4 is 0 Å². The van der Waals surface area contributed by atoms with Crippen molar-refractivity contribution in [3.05, 3.63) is 52.6 Å². The number of fused-ring (bicyclic) bond motifs is 2. The van der Waals surface area contributed by atoms with Crippen molar-refractivity contribution in [1.82, 2.24) is 0 Å². The predicted octanol–water partition coefficient (Wildman–Crippen LogP) is 3.07. The van der Waals surface area contributed by atoms with E-state index in [9.17, 15) is 39.6 Å². The molecule has 3 aromatic rings. The minimum absolute atomic E-state index is 0.186. The molecule has 0 amide bonds. The van der Waals surface area contributed by atoms with Crippen LogP contribution in [0.1, 0.15) is 41.4 Å². The number of rotatable bonds is 4. The van der Waals surface area contributed by atoms with Gasteiger partial charge in [-0.2, -0.15) is 0 Å². The van der Waals surface area contributed by atoms with Crippen LogP contribution in [-0.4, -0.2) is 44.3 Å². The van der Waals surface area contributed by atoms with Crippen molar-refractivity contribution in [2.24, 2.45) is 0 Å². The molecule has 0 aromatic heterocycles. The zero-order valence-corrected chi connectivity index (χ0v) is 14.2. The third kappa shape index (κ3) is 2.74. The molecule has 0 spiro atoms. The van der Waals surface area contributed by atoms with Gasteiger partial charge in [0, 0.05) is 4.90 Å². The summed E-state index contributed by atoms with van der Waals surface area (Å²) in [4.78, 5) is 47.4. The smallest absolute Gasteiger partial charge is 0.337 e. The van der Waals surface area contributed by atoms with Crippen LogP contribution in [-0.2, 0) is 0 Å². The Kier molecular flexibility index (Phi) is 4.24. The van der Waals surface area contributed by atoms with E-state index in [4.69, 9.17) is 0 Å². The van der Waals surface area contributed by atoms with Gasteiger partial charge in [0.1, 0.15) is 0 Å². The first-order valence-corrected chi connectivity index (χ1v) is 7.78. The Hall–Kier alpha value is -3.59. The molecule has 3 aromatic carbocycles. The van der Waals surface area contributed by atoms with Gasteiger partial charge in [-0.05, 0) is 39.7 Å². The van der Waals surface area contributed by atoms with Crippen LogP contribution in [0.25, 0.3) is 21.5 Å². The van der Waals surface area contributed by atoms with E-state index in [1.807, 2.05) is 0 Å². The van der Waals surface area contributed by atoms with Gasteiger partial charge in [0.05, 0.1) is 22.3 Å². The number of carbonyl (C=O) groups is 4. The van der Waals surface area contributed by atoms with Crippen LogP contribution in [0.2, 0.25) is 0 Å². The van der Waals surface area contributed by atoms with E-state index in [0.717, 1.165) is 0 Å². The fourth-order valence-electron chi connectivity index (χ4n) is 3.11. The van der Waals surface area contributed by atoms with Crippen LogP contribution in [0.4, 0.5) is 0 Å². The molecule has 0 unspecified atom stereocenters. The normalized spacial score (nSPS) is 10.9. The number of hydrogen-bond donors (Lipinski definition) is 5. The Morgan fingerprint density at radius 2 is 1.07 bits per heavy atom. The largest absolute Gasteiger partial charge is 0.478 e. The third-order valence-corrected chi connectivity index (χ3v) is 4.53. The van der Waals surface area contributed by atoms with Gasteiger partial charge in [-0.3, -0.25) is 0 Å². The zero-order chi connectivity index (χ0) is 20.0. The van der Waals surface area contributed by atoms with E-state index in [1.165, 1.54) is 12.1 Å². The minimum atomic E-state index is -1.85. The van der Waals surface area contributed by atoms with Crippen molar-refractivity contribution in [1.29, 1.82) is 0 Å². The van der Waals surface area contributed by atoms with Gasteiger partial charge in [0.2, 0.25) is 0 Å². The molecule has 0 atom stereocenters. The van der Waals surface area contributed by atoms with Gasteiger partial charge in [-0.1, -0.05) is 12.1 Å². The highest BCUT2D eigenvalue weighted by molar-refractivity contribution is 7.80. The topological polar surface area (TPSA) is 149 Å². The second kappa shape index (κ2) is 6.29. The quantitative estimate of drug-likeness (QED) is 0.339. The molecule has 0 radical (unpaired) electrons. The summed E-state index contributed by atoms with van der Waals surface area (Å²) < 4.78 is 0. The van der Waals surface area contributed by atoms with Crippen molar-refractivity contribution in [3.63, 3.8) is 0 Å². The summed E-state index contributed by atoms with van der Waals surface area (Å²) in [6, 6.07) is 7.50. The zero-order valence-electron chi connectivity index (χ0n) is 13.3. The first kappa shape index (κ1) is 18.2. The summed E-state index contributed by atoms with van der Waals surface area (Å²) in [6.45, 7) is 0. The highest BCUT2D eigenvalue weighted by atomic mass is 32.1. The Morgan fingerprint density at radius 1 is 0.630 bits per heavy atom. The fourth-order valence-corrected chi connectivity index (χ4v) is 3.39. The van der Waals surface area contributed by atoms with Gasteiger partial charge in [0.25, 0.3) is 0 Å². The molecular formula is C18H10O8S. The van der Waals surface area contributed by atoms with Crippen LogP contribution in [0.5, 0.6) is 0 Å². The van der Waals surface area contributed by atoms with Crippen molar-refractivity contribution < 1.29 is 39.6 Å². The lowest BCUT2D eigenvalue weighted by molar-refractivity contribution is 0.0621. The molecule has 136 valence electrons. The molecule has 3 rings (SSSR count). The number of aromatic carboxylic acids is 4. The van der Waals surface area contributed by atoms with E-state index in [1.54, 1.807) is 18.2 Å². The Morgan fingerprint density at radius 3 is 1.52 bits per heavy atom. The third-order valence-electron chi connectivity index (χ3n) is 4.14. The molecule has 0 saturated carbocycles. The fraction of sp³-hybridized carbons (Fsp3) is 0. The highest BCUT2D eigenvalue weighted by Gasteiger charge is 2.33. The lowest BCUT2D eigenvalue weighted by atomic mass is 9.87. The van der Waals surface area contributed by atoms with Crippen molar-refractivity contribution >= 4 is 58.1 Å². The number of benzene rings is 3. The molecule has 0 aliphatic heterocycles. The molecule has 8 nitrogen and oxygen atoms in total. The van der Waals surface area contributed by atoms with E-state index >= 15 is 0 Å². The van der Waals surface area contributed by atoms with E-state index < -0.39 is 46.1 Å². The lowest BCUT2D eigenvalue weighted by Crippen LogP contribution is -2.20. The monoisotopic (exact) mass is 386 g/mol. The minimum Gasteiger partial charge on any atom is -0.478 e. The maximum Gasteiger partial charge on any atom is 0.337 e. The molecular weight excluding hydrogens is 376 g/mol. The number of thiol groups is 1. The summed E-state index contributed by atoms with van der Waals surface area (Å²) >= 11 is 4.27. The summed E-state index contributed by atoms with van der Waals surface area (Å²) in [5.74, 6) is -7.07. The van der Waals surface area contributed by atoms with Crippen LogP contribution in [0, 0.1) is 0 Å².